The van der Waals surface area contributed by atoms with E-state index in [1.165, 1.54) is 18.4 Å². The molecule has 0 radical (unpaired) electrons. The van der Waals surface area contributed by atoms with Crippen LogP contribution in [0.2, 0.25) is 25.7 Å². The first kappa shape index (κ1) is 22.9. The Hall–Kier alpha value is -2.29. The molecule has 0 saturated carbocycles. The van der Waals surface area contributed by atoms with E-state index in [0.29, 0.717) is 12.8 Å². The molecule has 1 aliphatic heterocycles. The summed E-state index contributed by atoms with van der Waals surface area (Å²) in [6.45, 7) is 11.5. The average Bonchev–Trinajstić information content (AvgIpc) is 3.20. The highest BCUT2D eigenvalue weighted by Gasteiger charge is 2.26. The van der Waals surface area contributed by atoms with E-state index in [1.54, 1.807) is 6.33 Å². The predicted molar refractivity (Wildman–Crippen MR) is 133 cm³/mol. The summed E-state index contributed by atoms with van der Waals surface area (Å²) in [4.78, 5) is 14.0. The fourth-order valence-corrected chi connectivity index (χ4v) is 5.05. The van der Waals surface area contributed by atoms with Crippen LogP contribution in [0.3, 0.4) is 0 Å². The van der Waals surface area contributed by atoms with E-state index in [2.05, 4.69) is 81.9 Å². The number of benzene rings is 1. The van der Waals surface area contributed by atoms with Crippen LogP contribution in [0.4, 0.5) is 5.82 Å². The number of aromatic nitrogens is 4. The molecule has 4 rings (SSSR count). The van der Waals surface area contributed by atoms with Crippen LogP contribution in [0.5, 0.6) is 0 Å². The van der Waals surface area contributed by atoms with Gasteiger partial charge in [-0.2, -0.15) is 5.10 Å². The molecule has 1 fully saturated rings. The Morgan fingerprint density at radius 2 is 1.97 bits per heavy atom. The van der Waals surface area contributed by atoms with Crippen LogP contribution in [-0.2, 0) is 18.0 Å². The van der Waals surface area contributed by atoms with Gasteiger partial charge in [0.1, 0.15) is 18.9 Å². The summed E-state index contributed by atoms with van der Waals surface area (Å²) in [5, 5.41) is 5.54. The van der Waals surface area contributed by atoms with Crippen LogP contribution in [0, 0.1) is 0 Å². The second kappa shape index (κ2) is 10.1. The number of nitrogens with zero attached hydrogens (tertiary/aromatic N) is 6. The monoisotopic (exact) mass is 452 g/mol. The topological polar surface area (TPSA) is 59.3 Å². The van der Waals surface area contributed by atoms with Crippen LogP contribution < -0.4 is 4.90 Å². The van der Waals surface area contributed by atoms with E-state index in [-0.39, 0.29) is 0 Å². The highest BCUT2D eigenvalue weighted by atomic mass is 28.3. The molecule has 0 aliphatic carbocycles. The van der Waals surface area contributed by atoms with Crippen molar-refractivity contribution in [2.45, 2.75) is 57.8 Å². The maximum Gasteiger partial charge on any atom is 0.165 e. The molecule has 8 heteroatoms. The van der Waals surface area contributed by atoms with E-state index < -0.39 is 8.07 Å². The highest BCUT2D eigenvalue weighted by Crippen LogP contribution is 2.26. The number of anilines is 1. The smallest absolute Gasteiger partial charge is 0.165 e. The van der Waals surface area contributed by atoms with Gasteiger partial charge in [0.05, 0.1) is 11.6 Å². The number of ether oxygens (including phenoxy) is 1. The Kier molecular flexibility index (Phi) is 7.22. The molecular weight excluding hydrogens is 416 g/mol. The molecule has 0 spiro atoms. The molecule has 0 bridgehead atoms. The molecule has 3 aromatic rings. The maximum atomic E-state index is 5.90. The quantitative estimate of drug-likeness (QED) is 0.357. The Balaban J connectivity index is 1.43. The summed E-state index contributed by atoms with van der Waals surface area (Å²) < 4.78 is 7.75. The summed E-state index contributed by atoms with van der Waals surface area (Å²) in [5.74, 6) is 0.954. The highest BCUT2D eigenvalue weighted by molar-refractivity contribution is 6.76. The third-order valence-electron chi connectivity index (χ3n) is 6.23. The molecule has 0 N–H and O–H groups in total. The van der Waals surface area contributed by atoms with Crippen LogP contribution >= 0.6 is 0 Å². The summed E-state index contributed by atoms with van der Waals surface area (Å²) in [6.07, 6.45) is 5.90. The molecule has 0 amide bonds. The zero-order valence-electron chi connectivity index (χ0n) is 19.9. The molecule has 1 aliphatic rings. The van der Waals surface area contributed by atoms with Gasteiger partial charge in [-0.1, -0.05) is 50.0 Å². The van der Waals surface area contributed by atoms with Crippen LogP contribution in [0.15, 0.2) is 42.9 Å². The third kappa shape index (κ3) is 5.73. The zero-order valence-corrected chi connectivity index (χ0v) is 20.9. The normalized spacial score (nSPS) is 17.7. The average molecular weight is 453 g/mol. The lowest BCUT2D eigenvalue weighted by molar-refractivity contribution is 0.0813. The summed E-state index contributed by atoms with van der Waals surface area (Å²) in [7, 11) is 1.06. The largest absolute Gasteiger partial charge is 0.359 e. The first-order chi connectivity index (χ1) is 15.4. The first-order valence-corrected chi connectivity index (χ1v) is 15.3. The fourth-order valence-electron chi connectivity index (χ4n) is 4.29. The standard InChI is InChI=1S/C24H36N6OSi/c1-28(21-11-8-12-29(17-21)16-20-9-6-5-7-10-20)23-22-15-27-30(24(22)26-18-25-23)19-31-13-14-32(2,3)4/h5-7,9-10,15,18,21H,8,11-14,16-17,19H2,1-4H3/t21-/m0/s1. The van der Waals surface area contributed by atoms with Gasteiger partial charge in [0, 0.05) is 40.9 Å². The summed E-state index contributed by atoms with van der Waals surface area (Å²) in [5.41, 5.74) is 2.21. The van der Waals surface area contributed by atoms with Crippen molar-refractivity contribution in [1.82, 2.24) is 24.6 Å². The third-order valence-corrected chi connectivity index (χ3v) is 7.94. The summed E-state index contributed by atoms with van der Waals surface area (Å²) in [6, 6.07) is 12.3. The van der Waals surface area contributed by atoms with E-state index in [9.17, 15) is 0 Å². The number of fused-ring (bicyclic) bond motifs is 1. The molecule has 2 aromatic heterocycles. The Morgan fingerprint density at radius 1 is 1.16 bits per heavy atom. The number of piperidine rings is 1. The molecule has 1 saturated heterocycles. The molecule has 1 aromatic carbocycles. The lowest BCUT2D eigenvalue weighted by Crippen LogP contribution is -2.46. The van der Waals surface area contributed by atoms with Crippen molar-refractivity contribution in [2.75, 3.05) is 31.6 Å². The molecule has 172 valence electrons. The lowest BCUT2D eigenvalue weighted by atomic mass is 10.0. The molecule has 3 heterocycles. The van der Waals surface area contributed by atoms with Gasteiger partial charge in [0.15, 0.2) is 5.65 Å². The van der Waals surface area contributed by atoms with Crippen molar-refractivity contribution in [1.29, 1.82) is 0 Å². The van der Waals surface area contributed by atoms with E-state index in [1.807, 2.05) is 10.9 Å². The number of hydrogen-bond donors (Lipinski definition) is 0. The Bertz CT molecular complexity index is 1000. The second-order valence-corrected chi connectivity index (χ2v) is 15.7. The minimum absolute atomic E-state index is 0.418. The van der Waals surface area contributed by atoms with Gasteiger partial charge >= 0.3 is 0 Å². The van der Waals surface area contributed by atoms with Crippen molar-refractivity contribution in [2.24, 2.45) is 0 Å². The molecule has 1 atom stereocenters. The van der Waals surface area contributed by atoms with Crippen molar-refractivity contribution in [3.8, 4) is 0 Å². The van der Waals surface area contributed by atoms with Gasteiger partial charge in [-0.15, -0.1) is 0 Å². The van der Waals surface area contributed by atoms with Crippen molar-refractivity contribution in [3.63, 3.8) is 0 Å². The number of likely N-dealkylation sites (tertiary alicyclic amines) is 1. The van der Waals surface area contributed by atoms with Crippen molar-refractivity contribution in [3.05, 3.63) is 48.4 Å². The summed E-state index contributed by atoms with van der Waals surface area (Å²) >= 11 is 0. The second-order valence-electron chi connectivity index (χ2n) is 10.1. The molecule has 7 nitrogen and oxygen atoms in total. The minimum Gasteiger partial charge on any atom is -0.359 e. The Labute approximate surface area is 192 Å². The Morgan fingerprint density at radius 3 is 2.75 bits per heavy atom. The molecule has 0 unspecified atom stereocenters. The van der Waals surface area contributed by atoms with Crippen LogP contribution in [0.1, 0.15) is 18.4 Å². The number of likely N-dealkylation sites (N-methyl/N-ethyl adjacent to an activating group) is 1. The minimum atomic E-state index is -1.10. The van der Waals surface area contributed by atoms with Gasteiger partial charge in [-0.3, -0.25) is 4.90 Å². The predicted octanol–water partition coefficient (Wildman–Crippen LogP) is 4.24. The van der Waals surface area contributed by atoms with Gasteiger partial charge < -0.3 is 9.64 Å². The zero-order chi connectivity index (χ0) is 22.6. The first-order valence-electron chi connectivity index (χ1n) is 11.6. The van der Waals surface area contributed by atoms with Crippen molar-refractivity contribution >= 4 is 24.9 Å². The van der Waals surface area contributed by atoms with E-state index in [0.717, 1.165) is 49.1 Å². The number of hydrogen-bond acceptors (Lipinski definition) is 6. The van der Waals surface area contributed by atoms with Gasteiger partial charge in [-0.25, -0.2) is 14.6 Å². The van der Waals surface area contributed by atoms with Crippen LogP contribution in [-0.4, -0.2) is 65.5 Å². The van der Waals surface area contributed by atoms with Crippen molar-refractivity contribution < 1.29 is 4.74 Å². The molecule has 32 heavy (non-hydrogen) atoms. The van der Waals surface area contributed by atoms with Gasteiger partial charge in [0.2, 0.25) is 0 Å². The maximum absolute atomic E-state index is 5.90. The lowest BCUT2D eigenvalue weighted by Gasteiger charge is -2.38. The number of rotatable bonds is 9. The van der Waals surface area contributed by atoms with E-state index >= 15 is 0 Å². The fraction of sp³-hybridized carbons (Fsp3) is 0.542. The van der Waals surface area contributed by atoms with Crippen LogP contribution in [0.25, 0.3) is 11.0 Å². The SMILES string of the molecule is CN(c1ncnc2c1cnn2COCC[Si](C)(C)C)[C@H]1CCCN(Cc2ccccc2)C1. The van der Waals surface area contributed by atoms with E-state index in [4.69, 9.17) is 4.74 Å². The van der Waals surface area contributed by atoms with Gasteiger partial charge in [0.25, 0.3) is 0 Å². The van der Waals surface area contributed by atoms with Gasteiger partial charge in [-0.05, 0) is 31.0 Å². The molecular formula is C24H36N6OSi.